The van der Waals surface area contributed by atoms with Crippen LogP contribution in [0.25, 0.3) is 0 Å². The second-order valence-corrected chi connectivity index (χ2v) is 4.53. The molecule has 3 atom stereocenters. The van der Waals surface area contributed by atoms with E-state index in [0.29, 0.717) is 0 Å². The first kappa shape index (κ1) is 12.3. The molecule has 0 saturated carbocycles. The van der Waals surface area contributed by atoms with Crippen molar-refractivity contribution in [3.05, 3.63) is 0 Å². The lowest BCUT2D eigenvalue weighted by Crippen LogP contribution is -2.40. The van der Waals surface area contributed by atoms with Crippen molar-refractivity contribution in [3.8, 4) is 0 Å². The Kier molecular flexibility index (Phi) is 5.21. The Hall–Kier alpha value is 0.270. The predicted octanol–water partition coefficient (Wildman–Crippen LogP) is 1.46. The molecule has 0 spiro atoms. The maximum Gasteiger partial charge on any atom is 0.0731 e. The Balaban J connectivity index is 4.23. The molecule has 0 heterocycles. The van der Waals surface area contributed by atoms with Crippen molar-refractivity contribution in [1.29, 1.82) is 0 Å². The molecule has 0 aliphatic heterocycles. The molecular formula is C9H20O2S. The van der Waals surface area contributed by atoms with E-state index in [1.54, 1.807) is 0 Å². The molecule has 0 fully saturated rings. The summed E-state index contributed by atoms with van der Waals surface area (Å²) in [5, 5.41) is 18.8. The normalized spacial score (nSPS) is 21.5. The largest absolute Gasteiger partial charge is 0.396 e. The molecule has 74 valence electrons. The van der Waals surface area contributed by atoms with Crippen LogP contribution in [0.4, 0.5) is 0 Å². The third-order valence-electron chi connectivity index (χ3n) is 2.56. The molecule has 2 N–H and O–H groups in total. The van der Waals surface area contributed by atoms with E-state index in [2.05, 4.69) is 12.6 Å². The van der Waals surface area contributed by atoms with Crippen molar-refractivity contribution < 1.29 is 10.2 Å². The van der Waals surface area contributed by atoms with Crippen molar-refractivity contribution in [2.45, 2.75) is 44.5 Å². The van der Waals surface area contributed by atoms with E-state index in [1.165, 1.54) is 0 Å². The Bertz CT molecular complexity index is 122. The van der Waals surface area contributed by atoms with E-state index in [1.807, 2.05) is 20.8 Å². The summed E-state index contributed by atoms with van der Waals surface area (Å²) in [5.74, 6) is -0.0487. The van der Waals surface area contributed by atoms with E-state index in [4.69, 9.17) is 5.11 Å². The van der Waals surface area contributed by atoms with Gasteiger partial charge in [0.15, 0.2) is 0 Å². The van der Waals surface area contributed by atoms with Gasteiger partial charge in [0.05, 0.1) is 6.10 Å². The third-order valence-corrected chi connectivity index (χ3v) is 3.14. The highest BCUT2D eigenvalue weighted by Gasteiger charge is 2.32. The maximum absolute atomic E-state index is 9.80. The van der Waals surface area contributed by atoms with Gasteiger partial charge in [0, 0.05) is 17.3 Å². The minimum absolute atomic E-state index is 0.0355. The average Bonchev–Trinajstić information content (AvgIpc) is 2.06. The average molecular weight is 192 g/mol. The topological polar surface area (TPSA) is 40.5 Å². The summed E-state index contributed by atoms with van der Waals surface area (Å²) in [7, 11) is 0. The molecule has 0 aliphatic carbocycles. The van der Waals surface area contributed by atoms with Crippen LogP contribution in [-0.4, -0.2) is 27.7 Å². The van der Waals surface area contributed by atoms with Gasteiger partial charge in [0.2, 0.25) is 0 Å². The van der Waals surface area contributed by atoms with Crippen LogP contribution < -0.4 is 0 Å². The molecule has 0 aromatic rings. The zero-order valence-electron chi connectivity index (χ0n) is 8.12. The van der Waals surface area contributed by atoms with Crippen molar-refractivity contribution in [2.75, 3.05) is 6.61 Å². The fourth-order valence-corrected chi connectivity index (χ4v) is 1.38. The monoisotopic (exact) mass is 192 g/mol. The molecule has 3 unspecified atom stereocenters. The van der Waals surface area contributed by atoms with Crippen LogP contribution in [0, 0.1) is 5.92 Å². The van der Waals surface area contributed by atoms with Crippen LogP contribution in [0.1, 0.15) is 33.6 Å². The Morgan fingerprint density at radius 3 is 2.17 bits per heavy atom. The number of hydrogen-bond acceptors (Lipinski definition) is 3. The van der Waals surface area contributed by atoms with E-state index in [0.717, 1.165) is 12.8 Å². The summed E-state index contributed by atoms with van der Waals surface area (Å²) in [6.45, 7) is 5.89. The van der Waals surface area contributed by atoms with Gasteiger partial charge in [-0.05, 0) is 19.8 Å². The second-order valence-electron chi connectivity index (χ2n) is 3.51. The number of thiol groups is 1. The summed E-state index contributed by atoms with van der Waals surface area (Å²) >= 11 is 4.37. The molecule has 0 saturated heterocycles. The number of aliphatic hydroxyl groups excluding tert-OH is 2. The zero-order chi connectivity index (χ0) is 9.78. The molecule has 12 heavy (non-hydrogen) atoms. The van der Waals surface area contributed by atoms with Crippen molar-refractivity contribution >= 4 is 12.6 Å². The molecule has 2 nitrogen and oxygen atoms in total. The molecule has 0 aromatic heterocycles. The Morgan fingerprint density at radius 1 is 1.42 bits per heavy atom. The molecule has 0 bridgehead atoms. The summed E-state index contributed by atoms with van der Waals surface area (Å²) < 4.78 is -0.386. The molecular weight excluding hydrogens is 172 g/mol. The van der Waals surface area contributed by atoms with E-state index >= 15 is 0 Å². The van der Waals surface area contributed by atoms with Crippen LogP contribution in [0.5, 0.6) is 0 Å². The quantitative estimate of drug-likeness (QED) is 0.577. The molecule has 0 aromatic carbocycles. The first-order valence-electron chi connectivity index (χ1n) is 4.50. The molecule has 0 amide bonds. The van der Waals surface area contributed by atoms with Gasteiger partial charge >= 0.3 is 0 Å². The molecule has 0 aliphatic rings. The maximum atomic E-state index is 9.80. The summed E-state index contributed by atoms with van der Waals surface area (Å²) in [5.41, 5.74) is 0. The summed E-state index contributed by atoms with van der Waals surface area (Å²) in [6.07, 6.45) is 1.06. The first-order valence-corrected chi connectivity index (χ1v) is 4.95. The van der Waals surface area contributed by atoms with Gasteiger partial charge in [-0.2, -0.15) is 12.6 Å². The highest BCUT2D eigenvalue weighted by molar-refractivity contribution is 7.81. The Labute approximate surface area is 80.4 Å². The van der Waals surface area contributed by atoms with Gasteiger partial charge < -0.3 is 10.2 Å². The van der Waals surface area contributed by atoms with E-state index in [9.17, 15) is 5.11 Å². The molecule has 0 rings (SSSR count). The zero-order valence-corrected chi connectivity index (χ0v) is 9.01. The number of rotatable bonds is 5. The first-order chi connectivity index (χ1) is 5.49. The van der Waals surface area contributed by atoms with Crippen LogP contribution in [0.15, 0.2) is 0 Å². The standard InChI is InChI=1S/C9H20O2S/c1-4-7(6-10)8(11)9(3,12)5-2/h7-8,10-12H,4-6H2,1-3H3. The summed E-state index contributed by atoms with van der Waals surface area (Å²) in [6, 6.07) is 0. The number of hydrogen-bond donors (Lipinski definition) is 3. The van der Waals surface area contributed by atoms with E-state index in [-0.39, 0.29) is 17.3 Å². The SMILES string of the molecule is CCC(CO)C(O)C(C)(S)CC. The predicted molar refractivity (Wildman–Crippen MR) is 54.6 cm³/mol. The van der Waals surface area contributed by atoms with Crippen molar-refractivity contribution in [3.63, 3.8) is 0 Å². The summed E-state index contributed by atoms with van der Waals surface area (Å²) in [4.78, 5) is 0. The number of aliphatic hydroxyl groups is 2. The fraction of sp³-hybridized carbons (Fsp3) is 1.00. The lowest BCUT2D eigenvalue weighted by molar-refractivity contribution is 0.0389. The van der Waals surface area contributed by atoms with Crippen LogP contribution in [0.3, 0.4) is 0 Å². The molecule has 3 heteroatoms. The minimum Gasteiger partial charge on any atom is -0.396 e. The highest BCUT2D eigenvalue weighted by Crippen LogP contribution is 2.28. The lowest BCUT2D eigenvalue weighted by Gasteiger charge is -2.33. The van der Waals surface area contributed by atoms with E-state index < -0.39 is 6.10 Å². The van der Waals surface area contributed by atoms with Gasteiger partial charge in [0.1, 0.15) is 0 Å². The minimum atomic E-state index is -0.527. The third kappa shape index (κ3) is 2.96. The lowest BCUT2D eigenvalue weighted by atomic mass is 9.88. The van der Waals surface area contributed by atoms with Gasteiger partial charge in [0.25, 0.3) is 0 Å². The molecule has 0 radical (unpaired) electrons. The highest BCUT2D eigenvalue weighted by atomic mass is 32.1. The smallest absolute Gasteiger partial charge is 0.0731 e. The van der Waals surface area contributed by atoms with Gasteiger partial charge in [-0.25, -0.2) is 0 Å². The van der Waals surface area contributed by atoms with Crippen LogP contribution in [-0.2, 0) is 0 Å². The van der Waals surface area contributed by atoms with Crippen LogP contribution in [0.2, 0.25) is 0 Å². The van der Waals surface area contributed by atoms with Crippen molar-refractivity contribution in [1.82, 2.24) is 0 Å². The second kappa shape index (κ2) is 5.10. The van der Waals surface area contributed by atoms with Crippen LogP contribution >= 0.6 is 12.6 Å². The van der Waals surface area contributed by atoms with Crippen molar-refractivity contribution in [2.24, 2.45) is 5.92 Å². The Morgan fingerprint density at radius 2 is 1.92 bits per heavy atom. The van der Waals surface area contributed by atoms with Gasteiger partial charge in [-0.1, -0.05) is 13.8 Å². The van der Waals surface area contributed by atoms with Gasteiger partial charge in [-0.3, -0.25) is 0 Å². The van der Waals surface area contributed by atoms with Gasteiger partial charge in [-0.15, -0.1) is 0 Å². The fourth-order valence-electron chi connectivity index (χ4n) is 1.17.